The predicted octanol–water partition coefficient (Wildman–Crippen LogP) is 11.2. The maximum absolute atomic E-state index is 13.2. The second-order valence-corrected chi connectivity index (χ2v) is 22.5. The zero-order chi connectivity index (χ0) is 55.3. The van der Waals surface area contributed by atoms with Gasteiger partial charge in [-0.15, -0.1) is 0 Å². The first-order valence-corrected chi connectivity index (χ1v) is 31.6. The van der Waals surface area contributed by atoms with Crippen LogP contribution in [0, 0.1) is 0 Å². The van der Waals surface area contributed by atoms with Crippen molar-refractivity contribution in [2.75, 3.05) is 19.8 Å². The van der Waals surface area contributed by atoms with E-state index in [1.165, 1.54) is 186 Å². The summed E-state index contributed by atoms with van der Waals surface area (Å²) in [5, 5.41) is 87.0. The van der Waals surface area contributed by atoms with Crippen molar-refractivity contribution in [3.05, 3.63) is 24.3 Å². The number of unbranched alkanes of at least 4 members (excludes halogenated alkanes) is 36. The summed E-state index contributed by atoms with van der Waals surface area (Å²) >= 11 is 0. The van der Waals surface area contributed by atoms with E-state index in [1.807, 2.05) is 6.08 Å². The maximum atomic E-state index is 13.2. The van der Waals surface area contributed by atoms with Crippen molar-refractivity contribution < 1.29 is 64.6 Å². The Balaban J connectivity index is 1.65. The molecule has 14 heteroatoms. The van der Waals surface area contributed by atoms with Gasteiger partial charge in [0.1, 0.15) is 48.8 Å². The number of ether oxygens (including phenoxy) is 4. The van der Waals surface area contributed by atoms with E-state index >= 15 is 0 Å². The molecular weight excluding hydrogens is 967 g/mol. The Bertz CT molecular complexity index is 1370. The monoisotopic (exact) mass is 1080 g/mol. The largest absolute Gasteiger partial charge is 0.394 e. The van der Waals surface area contributed by atoms with Crippen LogP contribution in [0.1, 0.15) is 271 Å². The number of carbonyl (C=O) groups is 1. The zero-order valence-corrected chi connectivity index (χ0v) is 48.3. The molecule has 2 heterocycles. The second kappa shape index (κ2) is 48.2. The van der Waals surface area contributed by atoms with Gasteiger partial charge in [-0.1, -0.05) is 250 Å². The third-order valence-electron chi connectivity index (χ3n) is 15.6. The number of aliphatic hydroxyl groups excluding tert-OH is 8. The molecule has 2 saturated heterocycles. The summed E-state index contributed by atoms with van der Waals surface area (Å²) in [5.74, 6) is -0.248. The molecule has 448 valence electrons. The average molecular weight is 1080 g/mol. The van der Waals surface area contributed by atoms with Crippen LogP contribution in [0.3, 0.4) is 0 Å². The molecule has 2 rings (SSSR count). The minimum absolute atomic E-state index is 0.248. The molecule has 9 N–H and O–H groups in total. The van der Waals surface area contributed by atoms with Crippen LogP contribution >= 0.6 is 0 Å². The van der Waals surface area contributed by atoms with E-state index in [-0.39, 0.29) is 18.9 Å². The molecule has 0 aromatic heterocycles. The molecule has 0 aromatic rings. The quantitative estimate of drug-likeness (QED) is 0.0204. The van der Waals surface area contributed by atoms with Gasteiger partial charge in [0, 0.05) is 6.42 Å². The van der Waals surface area contributed by atoms with E-state index in [0.717, 1.165) is 57.8 Å². The Morgan fingerprint density at radius 1 is 0.461 bits per heavy atom. The van der Waals surface area contributed by atoms with Crippen LogP contribution in [0.5, 0.6) is 0 Å². The second-order valence-electron chi connectivity index (χ2n) is 22.5. The number of carbonyl (C=O) groups excluding carboxylic acids is 1. The molecule has 2 aliphatic heterocycles. The van der Waals surface area contributed by atoms with Gasteiger partial charge in [-0.05, 0) is 38.5 Å². The van der Waals surface area contributed by atoms with E-state index in [2.05, 4.69) is 31.3 Å². The van der Waals surface area contributed by atoms with Crippen molar-refractivity contribution >= 4 is 5.91 Å². The molecule has 0 aliphatic carbocycles. The first kappa shape index (κ1) is 70.6. The summed E-state index contributed by atoms with van der Waals surface area (Å²) in [6.07, 6.45) is 41.1. The lowest BCUT2D eigenvalue weighted by Crippen LogP contribution is -2.65. The molecule has 0 bridgehead atoms. The van der Waals surface area contributed by atoms with Crippen molar-refractivity contribution in [3.63, 3.8) is 0 Å². The van der Waals surface area contributed by atoms with E-state index < -0.39 is 86.8 Å². The Labute approximate surface area is 462 Å². The number of rotatable bonds is 51. The summed E-state index contributed by atoms with van der Waals surface area (Å²) in [6, 6.07) is -0.916. The number of nitrogens with one attached hydrogen (secondary N) is 1. The van der Waals surface area contributed by atoms with Crippen molar-refractivity contribution in [3.8, 4) is 0 Å². The highest BCUT2D eigenvalue weighted by molar-refractivity contribution is 5.76. The van der Waals surface area contributed by atoms with Gasteiger partial charge in [-0.3, -0.25) is 4.79 Å². The summed E-state index contributed by atoms with van der Waals surface area (Å²) in [7, 11) is 0. The van der Waals surface area contributed by atoms with Gasteiger partial charge in [0.05, 0.1) is 32.0 Å². The van der Waals surface area contributed by atoms with Crippen molar-refractivity contribution in [1.82, 2.24) is 5.32 Å². The molecular formula is C62H117NO13. The van der Waals surface area contributed by atoms with Crippen LogP contribution < -0.4 is 5.32 Å². The van der Waals surface area contributed by atoms with Crippen molar-refractivity contribution in [2.45, 2.75) is 344 Å². The fourth-order valence-electron chi connectivity index (χ4n) is 10.5. The van der Waals surface area contributed by atoms with Crippen LogP contribution in [0.2, 0.25) is 0 Å². The molecule has 14 nitrogen and oxygen atoms in total. The molecule has 0 saturated carbocycles. The highest BCUT2D eigenvalue weighted by atomic mass is 16.7. The lowest BCUT2D eigenvalue weighted by molar-refractivity contribution is -0.359. The van der Waals surface area contributed by atoms with Gasteiger partial charge in [0.2, 0.25) is 5.91 Å². The smallest absolute Gasteiger partial charge is 0.220 e. The fraction of sp³-hybridized carbons (Fsp3) is 0.919. The SMILES string of the molecule is CCCC/C=C\CCCCCCCC(=O)NC(COC1OC(CO)C(OC2OC(CO)C(O)C(O)C2O)C(O)C1O)C(O)/C=C/CCCCCCCCCCCCCCCCCCCCCCCCCCCCCCC. The minimum atomic E-state index is -1.79. The molecule has 12 atom stereocenters. The standard InChI is InChI=1S/C62H117NO13/c1-3-5-7-9-11-13-15-16-17-18-19-20-21-22-23-24-25-26-27-28-29-30-31-32-33-34-36-37-39-41-43-45-51(66)50(63-54(67)46-44-42-40-38-35-14-12-10-8-6-4-2)49-73-61-59(72)57(70)60(53(48-65)75-61)76-62-58(71)56(69)55(68)52(47-64)74-62/h10,12,43,45,50-53,55-62,64-66,68-72H,3-9,11,13-42,44,46-49H2,1-2H3,(H,63,67)/b12-10-,45-43+. The first-order valence-electron chi connectivity index (χ1n) is 31.6. The minimum Gasteiger partial charge on any atom is -0.394 e. The van der Waals surface area contributed by atoms with Crippen molar-refractivity contribution in [1.29, 1.82) is 0 Å². The van der Waals surface area contributed by atoms with Crippen molar-refractivity contribution in [2.24, 2.45) is 0 Å². The van der Waals surface area contributed by atoms with Crippen LogP contribution in [0.25, 0.3) is 0 Å². The molecule has 1 amide bonds. The number of hydrogen-bond donors (Lipinski definition) is 9. The predicted molar refractivity (Wildman–Crippen MR) is 305 cm³/mol. The third kappa shape index (κ3) is 33.3. The van der Waals surface area contributed by atoms with Gasteiger partial charge in [0.25, 0.3) is 0 Å². The number of aliphatic hydroxyl groups is 8. The summed E-state index contributed by atoms with van der Waals surface area (Å²) < 4.78 is 22.7. The lowest BCUT2D eigenvalue weighted by Gasteiger charge is -2.46. The first-order chi connectivity index (χ1) is 37.1. The van der Waals surface area contributed by atoms with Crippen LogP contribution in [-0.2, 0) is 23.7 Å². The summed E-state index contributed by atoms with van der Waals surface area (Å²) in [4.78, 5) is 13.2. The zero-order valence-electron chi connectivity index (χ0n) is 48.3. The van der Waals surface area contributed by atoms with E-state index in [4.69, 9.17) is 18.9 Å². The van der Waals surface area contributed by atoms with Crippen LogP contribution in [0.4, 0.5) is 0 Å². The highest BCUT2D eigenvalue weighted by Crippen LogP contribution is 2.30. The van der Waals surface area contributed by atoms with Crippen LogP contribution in [0.15, 0.2) is 24.3 Å². The van der Waals surface area contributed by atoms with Gasteiger partial charge >= 0.3 is 0 Å². The summed E-state index contributed by atoms with van der Waals surface area (Å²) in [6.45, 7) is 2.77. The molecule has 2 aliphatic rings. The Hall–Kier alpha value is -1.53. The molecule has 2 fully saturated rings. The number of hydrogen-bond acceptors (Lipinski definition) is 13. The Morgan fingerprint density at radius 3 is 1.29 bits per heavy atom. The van der Waals surface area contributed by atoms with E-state index in [0.29, 0.717) is 6.42 Å². The molecule has 0 radical (unpaired) electrons. The highest BCUT2D eigenvalue weighted by Gasteiger charge is 2.51. The molecule has 0 aromatic carbocycles. The summed E-state index contributed by atoms with van der Waals surface area (Å²) in [5.41, 5.74) is 0. The average Bonchev–Trinajstić information content (AvgIpc) is 3.42. The van der Waals surface area contributed by atoms with Gasteiger partial charge < -0.3 is 65.1 Å². The van der Waals surface area contributed by atoms with Crippen LogP contribution in [-0.4, -0.2) is 140 Å². The fourth-order valence-corrected chi connectivity index (χ4v) is 10.5. The Morgan fingerprint density at radius 2 is 0.842 bits per heavy atom. The van der Waals surface area contributed by atoms with E-state index in [9.17, 15) is 45.6 Å². The third-order valence-corrected chi connectivity index (χ3v) is 15.6. The lowest BCUT2D eigenvalue weighted by atomic mass is 9.97. The normalized spacial score (nSPS) is 25.0. The maximum Gasteiger partial charge on any atom is 0.220 e. The van der Waals surface area contributed by atoms with Gasteiger partial charge in [-0.25, -0.2) is 0 Å². The molecule has 0 spiro atoms. The van der Waals surface area contributed by atoms with Gasteiger partial charge in [0.15, 0.2) is 12.6 Å². The van der Waals surface area contributed by atoms with Gasteiger partial charge in [-0.2, -0.15) is 0 Å². The van der Waals surface area contributed by atoms with E-state index in [1.54, 1.807) is 6.08 Å². The number of amides is 1. The Kier molecular flexibility index (Phi) is 44.8. The number of allylic oxidation sites excluding steroid dienone is 3. The topological polar surface area (TPSA) is 228 Å². The molecule has 12 unspecified atom stereocenters. The molecule has 76 heavy (non-hydrogen) atoms.